The largest absolute Gasteiger partial charge is 0.471 e. The molecule has 0 aromatic heterocycles. The normalized spacial score (nSPS) is 24.1. The first-order chi connectivity index (χ1) is 6.70. The van der Waals surface area contributed by atoms with Crippen LogP contribution in [0.4, 0.5) is 10.1 Å². The van der Waals surface area contributed by atoms with Crippen molar-refractivity contribution in [3.05, 3.63) is 24.0 Å². The van der Waals surface area contributed by atoms with Crippen LogP contribution >= 0.6 is 0 Å². The van der Waals surface area contributed by atoms with Crippen LogP contribution in [-0.2, 0) is 0 Å². The molecule has 0 amide bonds. The van der Waals surface area contributed by atoms with Crippen LogP contribution in [0, 0.1) is 17.1 Å². The molecular weight excluding hydrogens is 183 g/mol. The fraction of sp³-hybridized carbons (Fsp3) is 0.300. The fourth-order valence-electron chi connectivity index (χ4n) is 1.41. The molecule has 0 saturated carbocycles. The highest BCUT2D eigenvalue weighted by Crippen LogP contribution is 2.31. The number of fused-ring (bicyclic) bond motifs is 1. The van der Waals surface area contributed by atoms with Gasteiger partial charge in [0.1, 0.15) is 17.6 Å². The minimum Gasteiger partial charge on any atom is -0.471 e. The fourth-order valence-corrected chi connectivity index (χ4v) is 1.41. The SMILES string of the molecule is CC1Nc2ccc(F)cc2OC1C#N. The van der Waals surface area contributed by atoms with Gasteiger partial charge in [-0.2, -0.15) is 5.26 Å². The van der Waals surface area contributed by atoms with Crippen molar-refractivity contribution >= 4 is 5.69 Å². The smallest absolute Gasteiger partial charge is 0.204 e. The Hall–Kier alpha value is -1.76. The van der Waals surface area contributed by atoms with Crippen molar-refractivity contribution in [3.63, 3.8) is 0 Å². The topological polar surface area (TPSA) is 45.0 Å². The van der Waals surface area contributed by atoms with Crippen LogP contribution in [0.5, 0.6) is 5.75 Å². The summed E-state index contributed by atoms with van der Waals surface area (Å²) < 4.78 is 18.1. The van der Waals surface area contributed by atoms with E-state index in [0.717, 1.165) is 5.69 Å². The molecule has 0 spiro atoms. The molecule has 1 aliphatic heterocycles. The quantitative estimate of drug-likeness (QED) is 0.682. The minimum absolute atomic E-state index is 0.0852. The van der Waals surface area contributed by atoms with Gasteiger partial charge in [0.25, 0.3) is 0 Å². The number of halogens is 1. The molecule has 0 radical (unpaired) electrons. The van der Waals surface area contributed by atoms with E-state index in [-0.39, 0.29) is 11.9 Å². The molecule has 4 heteroatoms. The van der Waals surface area contributed by atoms with Crippen molar-refractivity contribution < 1.29 is 9.13 Å². The van der Waals surface area contributed by atoms with E-state index in [9.17, 15) is 4.39 Å². The third kappa shape index (κ3) is 1.37. The van der Waals surface area contributed by atoms with Gasteiger partial charge in [0, 0.05) is 6.07 Å². The maximum atomic E-state index is 12.8. The maximum absolute atomic E-state index is 12.8. The van der Waals surface area contributed by atoms with Crippen LogP contribution in [-0.4, -0.2) is 12.1 Å². The number of nitrogens with zero attached hydrogens (tertiary/aromatic N) is 1. The number of hydrogen-bond acceptors (Lipinski definition) is 3. The molecule has 1 aliphatic rings. The van der Waals surface area contributed by atoms with Crippen LogP contribution in [0.1, 0.15) is 6.92 Å². The van der Waals surface area contributed by atoms with Crippen LogP contribution in [0.25, 0.3) is 0 Å². The van der Waals surface area contributed by atoms with Gasteiger partial charge in [-0.15, -0.1) is 0 Å². The summed E-state index contributed by atoms with van der Waals surface area (Å²) >= 11 is 0. The van der Waals surface area contributed by atoms with Gasteiger partial charge in [0.2, 0.25) is 6.10 Å². The molecule has 0 saturated heterocycles. The zero-order valence-corrected chi connectivity index (χ0v) is 7.62. The maximum Gasteiger partial charge on any atom is 0.204 e. The molecule has 3 nitrogen and oxygen atoms in total. The summed E-state index contributed by atoms with van der Waals surface area (Å²) in [7, 11) is 0. The average Bonchev–Trinajstić information content (AvgIpc) is 2.17. The molecule has 2 unspecified atom stereocenters. The molecule has 2 rings (SSSR count). The third-order valence-corrected chi connectivity index (χ3v) is 2.16. The van der Waals surface area contributed by atoms with Gasteiger partial charge < -0.3 is 10.1 Å². The van der Waals surface area contributed by atoms with Crippen LogP contribution < -0.4 is 10.1 Å². The van der Waals surface area contributed by atoms with Gasteiger partial charge in [-0.3, -0.25) is 0 Å². The van der Waals surface area contributed by atoms with Crippen molar-refractivity contribution in [2.45, 2.75) is 19.1 Å². The number of nitrogens with one attached hydrogen (secondary N) is 1. The summed E-state index contributed by atoms with van der Waals surface area (Å²) in [6.45, 7) is 1.85. The molecule has 0 bridgehead atoms. The van der Waals surface area contributed by atoms with Crippen molar-refractivity contribution in [2.24, 2.45) is 0 Å². The Morgan fingerprint density at radius 3 is 3.07 bits per heavy atom. The van der Waals surface area contributed by atoms with Crippen LogP contribution in [0.15, 0.2) is 18.2 Å². The van der Waals surface area contributed by atoms with E-state index in [4.69, 9.17) is 10.00 Å². The zero-order chi connectivity index (χ0) is 10.1. The van der Waals surface area contributed by atoms with E-state index < -0.39 is 6.10 Å². The first-order valence-corrected chi connectivity index (χ1v) is 4.33. The zero-order valence-electron chi connectivity index (χ0n) is 7.62. The van der Waals surface area contributed by atoms with Gasteiger partial charge in [-0.25, -0.2) is 4.39 Å². The molecular formula is C10H9FN2O. The predicted octanol–water partition coefficient (Wildman–Crippen LogP) is 1.91. The minimum atomic E-state index is -0.565. The van der Waals surface area contributed by atoms with Gasteiger partial charge in [-0.1, -0.05) is 0 Å². The molecule has 2 atom stereocenters. The lowest BCUT2D eigenvalue weighted by Crippen LogP contribution is -2.38. The van der Waals surface area contributed by atoms with Gasteiger partial charge in [0.05, 0.1) is 11.7 Å². The van der Waals surface area contributed by atoms with Crippen molar-refractivity contribution in [2.75, 3.05) is 5.32 Å². The number of anilines is 1. The second-order valence-corrected chi connectivity index (χ2v) is 3.24. The Kier molecular flexibility index (Phi) is 2.01. The number of ether oxygens (including phenoxy) is 1. The van der Waals surface area contributed by atoms with E-state index >= 15 is 0 Å². The second kappa shape index (κ2) is 3.18. The van der Waals surface area contributed by atoms with Crippen molar-refractivity contribution in [1.29, 1.82) is 5.26 Å². The Morgan fingerprint density at radius 1 is 1.57 bits per heavy atom. The van der Waals surface area contributed by atoms with E-state index in [1.165, 1.54) is 12.1 Å². The molecule has 1 aromatic carbocycles. The highest BCUT2D eigenvalue weighted by molar-refractivity contribution is 5.59. The molecule has 1 N–H and O–H groups in total. The highest BCUT2D eigenvalue weighted by Gasteiger charge is 2.25. The van der Waals surface area contributed by atoms with Crippen molar-refractivity contribution in [1.82, 2.24) is 0 Å². The lowest BCUT2D eigenvalue weighted by Gasteiger charge is -2.28. The second-order valence-electron chi connectivity index (χ2n) is 3.24. The Bertz CT molecular complexity index is 400. The Morgan fingerprint density at radius 2 is 2.36 bits per heavy atom. The predicted molar refractivity (Wildman–Crippen MR) is 49.5 cm³/mol. The number of nitriles is 1. The number of hydrogen-bond donors (Lipinski definition) is 1. The van der Waals surface area contributed by atoms with E-state index in [1.807, 2.05) is 13.0 Å². The highest BCUT2D eigenvalue weighted by atomic mass is 19.1. The Labute approximate surface area is 81.1 Å². The van der Waals surface area contributed by atoms with E-state index in [2.05, 4.69) is 5.32 Å². The summed E-state index contributed by atoms with van der Waals surface area (Å²) in [5.41, 5.74) is 0.727. The molecule has 72 valence electrons. The van der Waals surface area contributed by atoms with E-state index in [1.54, 1.807) is 6.07 Å². The molecule has 14 heavy (non-hydrogen) atoms. The Balaban J connectivity index is 2.37. The first kappa shape index (κ1) is 8.82. The first-order valence-electron chi connectivity index (χ1n) is 4.33. The summed E-state index contributed by atoms with van der Waals surface area (Å²) in [5, 5.41) is 11.8. The van der Waals surface area contributed by atoms with Gasteiger partial charge >= 0.3 is 0 Å². The summed E-state index contributed by atoms with van der Waals surface area (Å²) in [6.07, 6.45) is -0.565. The third-order valence-electron chi connectivity index (χ3n) is 2.16. The average molecular weight is 192 g/mol. The summed E-state index contributed by atoms with van der Waals surface area (Å²) in [6, 6.07) is 6.16. The molecule has 0 fully saturated rings. The lowest BCUT2D eigenvalue weighted by molar-refractivity contribution is 0.226. The summed E-state index contributed by atoms with van der Waals surface area (Å²) in [4.78, 5) is 0. The van der Waals surface area contributed by atoms with Gasteiger partial charge in [0.15, 0.2) is 0 Å². The van der Waals surface area contributed by atoms with Crippen LogP contribution in [0.3, 0.4) is 0 Å². The van der Waals surface area contributed by atoms with Crippen molar-refractivity contribution in [3.8, 4) is 11.8 Å². The van der Waals surface area contributed by atoms with Crippen LogP contribution in [0.2, 0.25) is 0 Å². The molecule has 1 heterocycles. The van der Waals surface area contributed by atoms with E-state index in [0.29, 0.717) is 5.75 Å². The van der Waals surface area contributed by atoms with Gasteiger partial charge in [-0.05, 0) is 19.1 Å². The molecule has 0 aliphatic carbocycles. The molecule has 1 aromatic rings. The monoisotopic (exact) mass is 192 g/mol. The number of benzene rings is 1. The number of rotatable bonds is 0. The lowest BCUT2D eigenvalue weighted by atomic mass is 10.1. The summed E-state index contributed by atoms with van der Waals surface area (Å²) in [5.74, 6) is 0.0337. The standard InChI is InChI=1S/C10H9FN2O/c1-6-10(5-12)14-9-4-7(11)2-3-8(9)13-6/h2-4,6,10,13H,1H3.